The summed E-state index contributed by atoms with van der Waals surface area (Å²) < 4.78 is 0. The number of benzene rings is 3. The Morgan fingerprint density at radius 3 is 2.24 bits per heavy atom. The largest absolute Gasteiger partial charge is 0.352 e. The SMILES string of the molecule is Cc1ccccc1[C@H](NC(=S)Nc1ccccc1Cl)c1ccccc1. The fourth-order valence-corrected chi connectivity index (χ4v) is 3.16. The zero-order valence-corrected chi connectivity index (χ0v) is 15.4. The van der Waals surface area contributed by atoms with Crippen molar-refractivity contribution in [3.63, 3.8) is 0 Å². The van der Waals surface area contributed by atoms with Crippen LogP contribution >= 0.6 is 23.8 Å². The Labute approximate surface area is 158 Å². The number of nitrogens with one attached hydrogen (secondary N) is 2. The molecule has 3 aromatic rings. The second-order valence-corrected chi connectivity index (χ2v) is 6.59. The van der Waals surface area contributed by atoms with Gasteiger partial charge in [0.1, 0.15) is 0 Å². The van der Waals surface area contributed by atoms with E-state index >= 15 is 0 Å². The van der Waals surface area contributed by atoms with E-state index in [0.29, 0.717) is 10.1 Å². The third-order valence-corrected chi connectivity index (χ3v) is 4.58. The minimum absolute atomic E-state index is 0.0371. The minimum atomic E-state index is -0.0371. The monoisotopic (exact) mass is 366 g/mol. The molecule has 0 fully saturated rings. The average Bonchev–Trinajstić information content (AvgIpc) is 2.63. The topological polar surface area (TPSA) is 24.1 Å². The maximum atomic E-state index is 6.21. The number of halogens is 1. The van der Waals surface area contributed by atoms with Gasteiger partial charge in [-0.1, -0.05) is 78.3 Å². The second-order valence-electron chi connectivity index (χ2n) is 5.78. The standard InChI is InChI=1S/C21H19ClN2S/c1-15-9-5-6-12-17(15)20(16-10-3-2-4-11-16)24-21(25)23-19-14-8-7-13-18(19)22/h2-14,20H,1H3,(H2,23,24,25)/t20-/m1/s1. The van der Waals surface area contributed by atoms with Crippen LogP contribution in [-0.4, -0.2) is 5.11 Å². The molecule has 2 N–H and O–H groups in total. The van der Waals surface area contributed by atoms with Gasteiger partial charge in [-0.15, -0.1) is 0 Å². The van der Waals surface area contributed by atoms with Crippen molar-refractivity contribution < 1.29 is 0 Å². The smallest absolute Gasteiger partial charge is 0.171 e. The molecule has 1 atom stereocenters. The van der Waals surface area contributed by atoms with Gasteiger partial charge in [-0.3, -0.25) is 0 Å². The van der Waals surface area contributed by atoms with Crippen LogP contribution in [0.3, 0.4) is 0 Å². The maximum absolute atomic E-state index is 6.21. The Morgan fingerprint density at radius 1 is 0.880 bits per heavy atom. The molecule has 0 aromatic heterocycles. The van der Waals surface area contributed by atoms with Gasteiger partial charge in [0, 0.05) is 0 Å². The van der Waals surface area contributed by atoms with E-state index in [4.69, 9.17) is 23.8 Å². The number of thiocarbonyl (C=S) groups is 1. The highest BCUT2D eigenvalue weighted by molar-refractivity contribution is 7.80. The van der Waals surface area contributed by atoms with E-state index < -0.39 is 0 Å². The van der Waals surface area contributed by atoms with Gasteiger partial charge >= 0.3 is 0 Å². The van der Waals surface area contributed by atoms with E-state index in [1.165, 1.54) is 11.1 Å². The molecule has 0 bridgehead atoms. The molecule has 0 aliphatic carbocycles. The second kappa shape index (κ2) is 8.15. The summed E-state index contributed by atoms with van der Waals surface area (Å²) in [6.07, 6.45) is 0. The van der Waals surface area contributed by atoms with E-state index in [2.05, 4.69) is 41.8 Å². The first-order chi connectivity index (χ1) is 12.1. The molecule has 0 amide bonds. The third kappa shape index (κ3) is 4.38. The average molecular weight is 367 g/mol. The normalized spacial score (nSPS) is 11.6. The van der Waals surface area contributed by atoms with E-state index in [1.807, 2.05) is 54.6 Å². The van der Waals surface area contributed by atoms with Gasteiger partial charge in [0.05, 0.1) is 16.8 Å². The summed E-state index contributed by atoms with van der Waals surface area (Å²) in [7, 11) is 0. The van der Waals surface area contributed by atoms with Crippen molar-refractivity contribution in [2.24, 2.45) is 0 Å². The van der Waals surface area contributed by atoms with Crippen molar-refractivity contribution in [1.29, 1.82) is 0 Å². The first-order valence-electron chi connectivity index (χ1n) is 8.07. The molecule has 126 valence electrons. The lowest BCUT2D eigenvalue weighted by atomic mass is 9.95. The van der Waals surface area contributed by atoms with E-state index in [-0.39, 0.29) is 6.04 Å². The van der Waals surface area contributed by atoms with Crippen molar-refractivity contribution in [2.75, 3.05) is 5.32 Å². The predicted octanol–water partition coefficient (Wildman–Crippen LogP) is 5.72. The highest BCUT2D eigenvalue weighted by Gasteiger charge is 2.17. The first kappa shape index (κ1) is 17.5. The molecule has 2 nitrogen and oxygen atoms in total. The Hall–Kier alpha value is -2.36. The van der Waals surface area contributed by atoms with Gasteiger partial charge in [-0.05, 0) is 48.0 Å². The van der Waals surface area contributed by atoms with E-state index in [1.54, 1.807) is 0 Å². The fraction of sp³-hybridized carbons (Fsp3) is 0.0952. The van der Waals surface area contributed by atoms with Crippen LogP contribution in [0.25, 0.3) is 0 Å². The molecule has 0 saturated carbocycles. The molecule has 0 radical (unpaired) electrons. The van der Waals surface area contributed by atoms with Gasteiger partial charge in [-0.25, -0.2) is 0 Å². The highest BCUT2D eigenvalue weighted by Crippen LogP contribution is 2.26. The lowest BCUT2D eigenvalue weighted by Gasteiger charge is -2.23. The first-order valence-corrected chi connectivity index (χ1v) is 8.86. The Balaban J connectivity index is 1.87. The zero-order valence-electron chi connectivity index (χ0n) is 13.9. The predicted molar refractivity (Wildman–Crippen MR) is 110 cm³/mol. The van der Waals surface area contributed by atoms with Crippen LogP contribution in [0, 0.1) is 6.92 Å². The Kier molecular flexibility index (Phi) is 5.69. The number of anilines is 1. The van der Waals surface area contributed by atoms with Crippen LogP contribution < -0.4 is 10.6 Å². The summed E-state index contributed by atoms with van der Waals surface area (Å²) in [5.41, 5.74) is 4.35. The minimum Gasteiger partial charge on any atom is -0.352 e. The highest BCUT2D eigenvalue weighted by atomic mass is 35.5. The van der Waals surface area contributed by atoms with Gasteiger partial charge in [0.25, 0.3) is 0 Å². The van der Waals surface area contributed by atoms with E-state index in [0.717, 1.165) is 11.3 Å². The molecule has 0 heterocycles. The van der Waals surface area contributed by atoms with Crippen LogP contribution in [0.5, 0.6) is 0 Å². The van der Waals surface area contributed by atoms with Crippen molar-refractivity contribution >= 4 is 34.6 Å². The number of hydrogen-bond acceptors (Lipinski definition) is 1. The van der Waals surface area contributed by atoms with Gasteiger partial charge in [-0.2, -0.15) is 0 Å². The number of para-hydroxylation sites is 1. The molecule has 0 spiro atoms. The molecule has 4 heteroatoms. The van der Waals surface area contributed by atoms with Crippen LogP contribution in [0.1, 0.15) is 22.7 Å². The van der Waals surface area contributed by atoms with Crippen molar-refractivity contribution in [3.05, 3.63) is 101 Å². The quantitative estimate of drug-likeness (QED) is 0.577. The van der Waals surface area contributed by atoms with Gasteiger partial charge < -0.3 is 10.6 Å². The molecule has 3 rings (SSSR count). The number of aryl methyl sites for hydroxylation is 1. The summed E-state index contributed by atoms with van der Waals surface area (Å²) >= 11 is 11.7. The molecule has 0 aliphatic heterocycles. The summed E-state index contributed by atoms with van der Waals surface area (Å²) in [4.78, 5) is 0. The molecule has 25 heavy (non-hydrogen) atoms. The number of rotatable bonds is 4. The van der Waals surface area contributed by atoms with Crippen LogP contribution in [0.2, 0.25) is 5.02 Å². The lowest BCUT2D eigenvalue weighted by Crippen LogP contribution is -2.33. The molecule has 3 aromatic carbocycles. The van der Waals surface area contributed by atoms with E-state index in [9.17, 15) is 0 Å². The summed E-state index contributed by atoms with van der Waals surface area (Å²) in [6.45, 7) is 2.11. The summed E-state index contributed by atoms with van der Waals surface area (Å²) in [6, 6.07) is 26.1. The third-order valence-electron chi connectivity index (χ3n) is 4.03. The van der Waals surface area contributed by atoms with Crippen LogP contribution in [0.15, 0.2) is 78.9 Å². The Morgan fingerprint density at radius 2 is 1.52 bits per heavy atom. The van der Waals surface area contributed by atoms with Crippen molar-refractivity contribution in [2.45, 2.75) is 13.0 Å². The molecular weight excluding hydrogens is 348 g/mol. The van der Waals surface area contributed by atoms with Gasteiger partial charge in [0.15, 0.2) is 5.11 Å². The van der Waals surface area contributed by atoms with Crippen molar-refractivity contribution in [1.82, 2.24) is 5.32 Å². The van der Waals surface area contributed by atoms with Crippen LogP contribution in [-0.2, 0) is 0 Å². The summed E-state index contributed by atoms with van der Waals surface area (Å²) in [5, 5.41) is 7.79. The van der Waals surface area contributed by atoms with Crippen LogP contribution in [0.4, 0.5) is 5.69 Å². The van der Waals surface area contributed by atoms with Crippen molar-refractivity contribution in [3.8, 4) is 0 Å². The molecule has 0 saturated heterocycles. The molecule has 0 unspecified atom stereocenters. The zero-order chi connectivity index (χ0) is 17.6. The number of hydrogen-bond donors (Lipinski definition) is 2. The lowest BCUT2D eigenvalue weighted by molar-refractivity contribution is 0.762. The van der Waals surface area contributed by atoms with Gasteiger partial charge in [0.2, 0.25) is 0 Å². The Bertz CT molecular complexity index is 865. The molecular formula is C21H19ClN2S. The molecule has 0 aliphatic rings. The fourth-order valence-electron chi connectivity index (χ4n) is 2.75. The maximum Gasteiger partial charge on any atom is 0.171 e. The summed E-state index contributed by atoms with van der Waals surface area (Å²) in [5.74, 6) is 0.